The van der Waals surface area contributed by atoms with Crippen LogP contribution in [0.3, 0.4) is 0 Å². The van der Waals surface area contributed by atoms with Crippen LogP contribution in [0.4, 0.5) is 0 Å². The number of aliphatic hydroxyl groups excluding tert-OH is 5. The number of nitrogens with one attached hydrogen (secondary N) is 2. The highest BCUT2D eigenvalue weighted by atomic mass is 31.2. The number of aliphatic hydroxyl groups is 5. The van der Waals surface area contributed by atoms with Gasteiger partial charge in [0, 0.05) is 12.8 Å². The van der Waals surface area contributed by atoms with Gasteiger partial charge in [-0.25, -0.2) is 0 Å². The molecule has 2 fully saturated rings. The van der Waals surface area contributed by atoms with E-state index in [1.807, 2.05) is 0 Å². The number of ether oxygens (including phenoxy) is 6. The molecule has 14 atom stereocenters. The van der Waals surface area contributed by atoms with Crippen molar-refractivity contribution in [2.75, 3.05) is 13.2 Å². The van der Waals surface area contributed by atoms with E-state index in [1.165, 1.54) is 128 Å². The Morgan fingerprint density at radius 3 is 1.14 bits per heavy atom. The Hall–Kier alpha value is -2.86. The number of phosphoric acid groups is 1. The summed E-state index contributed by atoms with van der Waals surface area (Å²) < 4.78 is 54.5. The van der Waals surface area contributed by atoms with E-state index in [1.54, 1.807) is 0 Å². The molecule has 105 heavy (non-hydrogen) atoms. The number of rotatable bonds is 71. The van der Waals surface area contributed by atoms with Crippen LogP contribution in [0.15, 0.2) is 0 Å². The molecule has 22 nitrogen and oxygen atoms in total. The van der Waals surface area contributed by atoms with E-state index in [9.17, 15) is 63.9 Å². The molecule has 0 aromatic heterocycles. The summed E-state index contributed by atoms with van der Waals surface area (Å²) in [4.78, 5) is 93.3. The van der Waals surface area contributed by atoms with Crippen LogP contribution >= 0.6 is 7.82 Å². The molecule has 0 aliphatic carbocycles. The summed E-state index contributed by atoms with van der Waals surface area (Å²) >= 11 is 0. The smallest absolute Gasteiger partial charge is 0.310 e. The van der Waals surface area contributed by atoms with E-state index < -0.39 is 143 Å². The van der Waals surface area contributed by atoms with Gasteiger partial charge in [-0.1, -0.05) is 324 Å². The first-order chi connectivity index (χ1) is 50.8. The highest BCUT2D eigenvalue weighted by Crippen LogP contribution is 2.40. The molecule has 2 rings (SSSR count). The van der Waals surface area contributed by atoms with Crippen molar-refractivity contribution in [3.05, 3.63) is 0 Å². The first-order valence-corrected chi connectivity index (χ1v) is 44.4. The van der Waals surface area contributed by atoms with Crippen LogP contribution in [0, 0.1) is 0 Å². The fourth-order valence-corrected chi connectivity index (χ4v) is 15.0. The fraction of sp³-hybridized carbons (Fsp3) is 0.939. The van der Waals surface area contributed by atoms with Gasteiger partial charge in [0.15, 0.2) is 18.7 Å². The topological polar surface area (TPSA) is 336 Å². The van der Waals surface area contributed by atoms with E-state index in [0.29, 0.717) is 44.9 Å². The van der Waals surface area contributed by atoms with Crippen LogP contribution in [-0.4, -0.2) is 153 Å². The maximum atomic E-state index is 14.8. The molecule has 2 saturated heterocycles. The summed E-state index contributed by atoms with van der Waals surface area (Å²) in [5.74, 6) is -3.51. The second-order valence-corrected chi connectivity index (χ2v) is 31.8. The summed E-state index contributed by atoms with van der Waals surface area (Å²) in [6.45, 7) is 9.15. The van der Waals surface area contributed by atoms with E-state index in [2.05, 4.69) is 45.3 Å². The second-order valence-electron chi connectivity index (χ2n) is 30.7. The predicted molar refractivity (Wildman–Crippen MR) is 410 cm³/mol. The minimum Gasteiger partial charge on any atom is -0.756 e. The Bertz CT molecular complexity index is 2180. The molecular formula is C82H154N2O20P-. The fourth-order valence-electron chi connectivity index (χ4n) is 14.4. The number of carbonyl (C=O) groups excluding carboxylic acids is 5. The Morgan fingerprint density at radius 2 is 0.762 bits per heavy atom. The largest absolute Gasteiger partial charge is 0.756 e. The third-order valence-corrected chi connectivity index (χ3v) is 21.4. The van der Waals surface area contributed by atoms with Crippen molar-refractivity contribution in [3.63, 3.8) is 0 Å². The van der Waals surface area contributed by atoms with Gasteiger partial charge in [-0.15, -0.1) is 0 Å². The molecule has 2 amide bonds. The third-order valence-electron chi connectivity index (χ3n) is 20.8. The van der Waals surface area contributed by atoms with Gasteiger partial charge in [0.1, 0.15) is 54.8 Å². The number of hydrogen-bond donors (Lipinski definition) is 8. The molecule has 2 aliphatic heterocycles. The van der Waals surface area contributed by atoms with Gasteiger partial charge in [0.2, 0.25) is 11.8 Å². The van der Waals surface area contributed by atoms with Crippen molar-refractivity contribution in [2.45, 2.75) is 480 Å². The molecule has 2 aliphatic rings. The van der Waals surface area contributed by atoms with Crippen LogP contribution in [0.5, 0.6) is 0 Å². The first-order valence-electron chi connectivity index (χ1n) is 43.0. The summed E-state index contributed by atoms with van der Waals surface area (Å²) in [5, 5.41) is 61.2. The van der Waals surface area contributed by atoms with Gasteiger partial charge in [-0.05, 0) is 44.9 Å². The van der Waals surface area contributed by atoms with Crippen molar-refractivity contribution in [1.82, 2.24) is 10.6 Å². The van der Waals surface area contributed by atoms with Crippen LogP contribution in [0.2, 0.25) is 0 Å². The molecule has 0 aromatic rings. The van der Waals surface area contributed by atoms with Crippen molar-refractivity contribution < 1.29 is 96.8 Å². The lowest BCUT2D eigenvalue weighted by Crippen LogP contribution is -2.67. The molecular weight excluding hydrogens is 1360 g/mol. The maximum Gasteiger partial charge on any atom is 0.310 e. The highest BCUT2D eigenvalue weighted by Gasteiger charge is 2.53. The van der Waals surface area contributed by atoms with Crippen LogP contribution in [-0.2, 0) is 61.5 Å². The molecule has 2 heterocycles. The average Bonchev–Trinajstić information content (AvgIpc) is 0.771. The summed E-state index contributed by atoms with van der Waals surface area (Å²) in [7, 11) is -5.81. The molecule has 0 saturated carbocycles. The lowest BCUT2D eigenvalue weighted by Gasteiger charge is -2.47. The Morgan fingerprint density at radius 1 is 0.419 bits per heavy atom. The summed E-state index contributed by atoms with van der Waals surface area (Å²) in [6.07, 6.45) is 34.0. The van der Waals surface area contributed by atoms with Gasteiger partial charge < -0.3 is 78.9 Å². The van der Waals surface area contributed by atoms with Crippen molar-refractivity contribution >= 4 is 37.5 Å². The number of esters is 3. The standard InChI is InChI=1S/C82H155N2O20P/c1-6-11-16-21-26-31-33-38-43-48-53-58-72(89)99-66(56-51-46-41-36-29-24-19-14-9-4)61-71(88)84-76-80(103-74(91)62-67(57-52-47-42-37-30-25-20-15-10-5)100-73(90)59-54-49-44-39-34-32-27-22-17-12-7-2)79(104-105(95,96)97)68(63-85)102-82(76)98-64-69-77(92)78(93)75(81(94)101-69)83-70(87)60-65(86)55-50-45-40-35-28-23-18-13-8-3/h65-69,75-82,85-86,92-94H,6-64H2,1-5H3,(H,83,87)(H,84,88)(H2,95,96,97)/p-1/t65-,66-,67-,68-,69-,75-,76-,77-,78-,79-,80-,81+,82-/m1/s1. The lowest BCUT2D eigenvalue weighted by molar-refractivity contribution is -0.304. The molecule has 23 heteroatoms. The van der Waals surface area contributed by atoms with Gasteiger partial charge in [0.25, 0.3) is 7.82 Å². The monoisotopic (exact) mass is 1520 g/mol. The minimum atomic E-state index is -5.81. The Labute approximate surface area is 635 Å². The molecule has 0 spiro atoms. The van der Waals surface area contributed by atoms with Gasteiger partial charge >= 0.3 is 17.9 Å². The van der Waals surface area contributed by atoms with Gasteiger partial charge in [-0.3, -0.25) is 28.5 Å². The van der Waals surface area contributed by atoms with Gasteiger partial charge in [0.05, 0.1) is 38.6 Å². The summed E-state index contributed by atoms with van der Waals surface area (Å²) in [5.41, 5.74) is 0. The summed E-state index contributed by atoms with van der Waals surface area (Å²) in [6, 6.07) is -3.35. The zero-order valence-corrected chi connectivity index (χ0v) is 67.5. The number of phosphoric ester groups is 1. The van der Waals surface area contributed by atoms with Crippen molar-refractivity contribution in [1.29, 1.82) is 0 Å². The van der Waals surface area contributed by atoms with Gasteiger partial charge in [-0.2, -0.15) is 0 Å². The minimum absolute atomic E-state index is 0.123. The van der Waals surface area contributed by atoms with Crippen LogP contribution in [0.25, 0.3) is 0 Å². The first kappa shape index (κ1) is 98.2. The zero-order valence-electron chi connectivity index (χ0n) is 66.6. The molecule has 0 radical (unpaired) electrons. The number of carbonyl (C=O) groups is 5. The molecule has 1 unspecified atom stereocenters. The highest BCUT2D eigenvalue weighted by molar-refractivity contribution is 7.44. The number of unbranched alkanes of at least 4 members (excludes halogenated alkanes) is 44. The van der Waals surface area contributed by atoms with E-state index in [4.69, 9.17) is 32.9 Å². The molecule has 618 valence electrons. The average molecular weight is 1520 g/mol. The van der Waals surface area contributed by atoms with Crippen molar-refractivity contribution in [2.24, 2.45) is 0 Å². The number of amides is 2. The third kappa shape index (κ3) is 50.6. The van der Waals surface area contributed by atoms with E-state index in [-0.39, 0.29) is 25.7 Å². The molecule has 0 aromatic carbocycles. The Kier molecular flexibility index (Phi) is 60.6. The second kappa shape index (κ2) is 64.8. The molecule has 0 bridgehead atoms. The SMILES string of the molecule is CCCCCCCCCCCCCC(=O)O[C@H](CCCCCCCCCCC)CC(=O)N[C@H]1[C@H](OC[C@H]2O[C@H](O)[C@H](NC(=O)C[C@H](O)CCCCCCCCCCC)[C@@H](O)[C@@H]2O)O[C@H](CO)[C@@H](OP(=O)([O-])O)[C@@H]1OC(=O)C[C@@H](CCCCCCCCCCC)OC(=O)CCCCCCCCCCCCC. The van der Waals surface area contributed by atoms with E-state index in [0.717, 1.165) is 154 Å². The zero-order chi connectivity index (χ0) is 77.0. The van der Waals surface area contributed by atoms with Crippen LogP contribution in [0.1, 0.15) is 401 Å². The van der Waals surface area contributed by atoms with E-state index >= 15 is 0 Å². The predicted octanol–water partition coefficient (Wildman–Crippen LogP) is 16.4. The Balaban J connectivity index is 2.52. The number of hydrogen-bond acceptors (Lipinski definition) is 19. The maximum absolute atomic E-state index is 14.8. The quantitative estimate of drug-likeness (QED) is 0.0121. The van der Waals surface area contributed by atoms with Crippen molar-refractivity contribution in [3.8, 4) is 0 Å². The van der Waals surface area contributed by atoms with Crippen LogP contribution < -0.4 is 15.5 Å². The normalized spacial score (nSPS) is 21.9. The lowest BCUT2D eigenvalue weighted by atomic mass is 9.95. The molecule has 8 N–H and O–H groups in total.